The van der Waals surface area contributed by atoms with Crippen LogP contribution < -0.4 is 15.6 Å². The van der Waals surface area contributed by atoms with Crippen LogP contribution in [0.15, 0.2) is 36.4 Å². The van der Waals surface area contributed by atoms with Gasteiger partial charge in [0.2, 0.25) is 0 Å². The van der Waals surface area contributed by atoms with Gasteiger partial charge in [-0.1, -0.05) is 12.1 Å². The number of phenols is 1. The van der Waals surface area contributed by atoms with E-state index in [2.05, 4.69) is 0 Å². The lowest BCUT2D eigenvalue weighted by molar-refractivity contribution is 0.303. The van der Waals surface area contributed by atoms with Crippen molar-refractivity contribution < 1.29 is 9.84 Å². The van der Waals surface area contributed by atoms with E-state index in [1.165, 1.54) is 0 Å². The summed E-state index contributed by atoms with van der Waals surface area (Å²) >= 11 is 0. The molecule has 2 rings (SSSR count). The number of aromatic hydroxyl groups is 1. The molecule has 4 heteroatoms. The fraction of sp³-hybridized carbons (Fsp3) is 0.250. The van der Waals surface area contributed by atoms with Gasteiger partial charge in [-0.15, -0.1) is 0 Å². The molecular weight excluding hydrogens is 252 g/mol. The first kappa shape index (κ1) is 14.2. The maximum atomic E-state index is 9.41. The van der Waals surface area contributed by atoms with Crippen molar-refractivity contribution in [2.45, 2.75) is 20.5 Å². The van der Waals surface area contributed by atoms with Crippen LogP contribution in [0.3, 0.4) is 0 Å². The number of hydrogen-bond donors (Lipinski definition) is 2. The zero-order valence-corrected chi connectivity index (χ0v) is 12.1. The van der Waals surface area contributed by atoms with Gasteiger partial charge in [-0.2, -0.15) is 0 Å². The standard InChI is InChI=1S/C16H20N2O2/c1-11-5-4-6-15(18(3)17)14(11)10-20-16-8-7-13(19)9-12(16)2/h4-9,19H,10,17H2,1-3H3. The minimum absolute atomic E-state index is 0.244. The third-order valence-electron chi connectivity index (χ3n) is 3.30. The molecule has 2 aromatic rings. The van der Waals surface area contributed by atoms with Crippen LogP contribution in [0.2, 0.25) is 0 Å². The average molecular weight is 272 g/mol. The maximum absolute atomic E-state index is 9.41. The second-order valence-corrected chi connectivity index (χ2v) is 4.92. The molecule has 0 aliphatic rings. The van der Waals surface area contributed by atoms with Crippen LogP contribution >= 0.6 is 0 Å². The van der Waals surface area contributed by atoms with Crippen LogP contribution in [0.4, 0.5) is 5.69 Å². The molecule has 0 aliphatic carbocycles. The summed E-state index contributed by atoms with van der Waals surface area (Å²) in [5, 5.41) is 11.0. The fourth-order valence-electron chi connectivity index (χ4n) is 2.15. The van der Waals surface area contributed by atoms with Gasteiger partial charge >= 0.3 is 0 Å². The number of ether oxygens (including phenoxy) is 1. The molecule has 0 aromatic heterocycles. The van der Waals surface area contributed by atoms with E-state index in [-0.39, 0.29) is 5.75 Å². The van der Waals surface area contributed by atoms with Crippen molar-refractivity contribution in [3.05, 3.63) is 53.1 Å². The molecule has 0 bridgehead atoms. The summed E-state index contributed by atoms with van der Waals surface area (Å²) in [5.41, 5.74) is 4.05. The fourth-order valence-corrected chi connectivity index (χ4v) is 2.15. The Kier molecular flexibility index (Phi) is 4.15. The van der Waals surface area contributed by atoms with E-state index in [0.717, 1.165) is 28.1 Å². The zero-order chi connectivity index (χ0) is 14.7. The smallest absolute Gasteiger partial charge is 0.122 e. The van der Waals surface area contributed by atoms with E-state index >= 15 is 0 Å². The molecule has 0 saturated heterocycles. The third kappa shape index (κ3) is 3.03. The van der Waals surface area contributed by atoms with E-state index in [1.54, 1.807) is 23.2 Å². The molecule has 3 N–H and O–H groups in total. The van der Waals surface area contributed by atoms with Gasteiger partial charge in [0.05, 0.1) is 5.69 Å². The first-order valence-electron chi connectivity index (χ1n) is 6.48. The van der Waals surface area contributed by atoms with Crippen LogP contribution in [0, 0.1) is 13.8 Å². The highest BCUT2D eigenvalue weighted by molar-refractivity contribution is 5.55. The van der Waals surface area contributed by atoms with Gasteiger partial charge < -0.3 is 14.9 Å². The molecule has 0 unspecified atom stereocenters. The summed E-state index contributed by atoms with van der Waals surface area (Å²) in [6.45, 7) is 4.38. The Labute approximate surface area is 119 Å². The summed E-state index contributed by atoms with van der Waals surface area (Å²) in [4.78, 5) is 0. The highest BCUT2D eigenvalue weighted by Crippen LogP contribution is 2.26. The SMILES string of the molecule is Cc1cc(O)ccc1OCc1c(C)cccc1N(C)N. The molecule has 0 heterocycles. The van der Waals surface area contributed by atoms with Crippen LogP contribution in [0.1, 0.15) is 16.7 Å². The summed E-state index contributed by atoms with van der Waals surface area (Å²) in [7, 11) is 1.81. The summed E-state index contributed by atoms with van der Waals surface area (Å²) in [6, 6.07) is 11.1. The Hall–Kier alpha value is -2.20. The van der Waals surface area contributed by atoms with Crippen LogP contribution in [-0.2, 0) is 6.61 Å². The molecule has 20 heavy (non-hydrogen) atoms. The van der Waals surface area contributed by atoms with Gasteiger partial charge in [-0.05, 0) is 49.2 Å². The molecule has 2 aromatic carbocycles. The molecule has 0 amide bonds. The van der Waals surface area contributed by atoms with Crippen molar-refractivity contribution in [3.8, 4) is 11.5 Å². The minimum atomic E-state index is 0.244. The number of nitrogens with two attached hydrogens (primary N) is 1. The molecule has 0 aliphatic heterocycles. The van der Waals surface area contributed by atoms with Gasteiger partial charge in [0, 0.05) is 12.6 Å². The van der Waals surface area contributed by atoms with Crippen molar-refractivity contribution in [3.63, 3.8) is 0 Å². The van der Waals surface area contributed by atoms with Crippen molar-refractivity contribution in [2.75, 3.05) is 12.1 Å². The Morgan fingerprint density at radius 2 is 1.90 bits per heavy atom. The van der Waals surface area contributed by atoms with Crippen molar-refractivity contribution in [2.24, 2.45) is 5.84 Å². The van der Waals surface area contributed by atoms with E-state index in [0.29, 0.717) is 6.61 Å². The maximum Gasteiger partial charge on any atom is 0.122 e. The van der Waals surface area contributed by atoms with Crippen LogP contribution in [-0.4, -0.2) is 12.2 Å². The van der Waals surface area contributed by atoms with Crippen molar-refractivity contribution >= 4 is 5.69 Å². The predicted octanol–water partition coefficient (Wildman–Crippen LogP) is 2.90. The third-order valence-corrected chi connectivity index (χ3v) is 3.30. The first-order chi connectivity index (χ1) is 9.49. The summed E-state index contributed by atoms with van der Waals surface area (Å²) in [6.07, 6.45) is 0. The Morgan fingerprint density at radius 1 is 1.15 bits per heavy atom. The number of benzene rings is 2. The predicted molar refractivity (Wildman–Crippen MR) is 80.9 cm³/mol. The van der Waals surface area contributed by atoms with Gasteiger partial charge in [0.25, 0.3) is 0 Å². The molecule has 0 fully saturated rings. The van der Waals surface area contributed by atoms with Crippen LogP contribution in [0.5, 0.6) is 11.5 Å². The van der Waals surface area contributed by atoms with Gasteiger partial charge in [-0.3, -0.25) is 0 Å². The summed E-state index contributed by atoms with van der Waals surface area (Å²) < 4.78 is 5.86. The lowest BCUT2D eigenvalue weighted by atomic mass is 10.1. The molecule has 0 spiro atoms. The number of hydrogen-bond acceptors (Lipinski definition) is 4. The van der Waals surface area contributed by atoms with Gasteiger partial charge in [-0.25, -0.2) is 5.84 Å². The topological polar surface area (TPSA) is 58.7 Å². The number of rotatable bonds is 4. The molecule has 4 nitrogen and oxygen atoms in total. The second kappa shape index (κ2) is 5.84. The molecule has 0 radical (unpaired) electrons. The average Bonchev–Trinajstić information content (AvgIpc) is 2.38. The molecule has 0 atom stereocenters. The van der Waals surface area contributed by atoms with Gasteiger partial charge in [0.15, 0.2) is 0 Å². The van der Waals surface area contributed by atoms with E-state index in [1.807, 2.05) is 39.1 Å². The number of aryl methyl sites for hydroxylation is 2. The summed E-state index contributed by atoms with van der Waals surface area (Å²) in [5.74, 6) is 6.85. The van der Waals surface area contributed by atoms with E-state index in [4.69, 9.17) is 10.6 Å². The lowest BCUT2D eigenvalue weighted by Crippen LogP contribution is -2.26. The number of anilines is 1. The first-order valence-corrected chi connectivity index (χ1v) is 6.48. The normalized spacial score (nSPS) is 10.4. The number of nitrogens with zero attached hydrogens (tertiary/aromatic N) is 1. The minimum Gasteiger partial charge on any atom is -0.508 e. The van der Waals surface area contributed by atoms with Gasteiger partial charge in [0.1, 0.15) is 18.1 Å². The monoisotopic (exact) mass is 272 g/mol. The van der Waals surface area contributed by atoms with Crippen molar-refractivity contribution in [1.29, 1.82) is 0 Å². The Morgan fingerprint density at radius 3 is 2.55 bits per heavy atom. The molecule has 0 saturated carbocycles. The molecular formula is C16H20N2O2. The highest BCUT2D eigenvalue weighted by Gasteiger charge is 2.09. The lowest BCUT2D eigenvalue weighted by Gasteiger charge is -2.19. The largest absolute Gasteiger partial charge is 0.508 e. The highest BCUT2D eigenvalue weighted by atomic mass is 16.5. The quantitative estimate of drug-likeness (QED) is 0.663. The van der Waals surface area contributed by atoms with Crippen LogP contribution in [0.25, 0.3) is 0 Å². The second-order valence-electron chi connectivity index (χ2n) is 4.92. The zero-order valence-electron chi connectivity index (χ0n) is 12.1. The van der Waals surface area contributed by atoms with E-state index < -0.39 is 0 Å². The Balaban J connectivity index is 2.23. The van der Waals surface area contributed by atoms with E-state index in [9.17, 15) is 5.11 Å². The Bertz CT molecular complexity index is 609. The number of phenolic OH excluding ortho intramolecular Hbond substituents is 1. The number of hydrazine groups is 1. The van der Waals surface area contributed by atoms with Crippen molar-refractivity contribution in [1.82, 2.24) is 0 Å². The molecule has 106 valence electrons.